The fourth-order valence-electron chi connectivity index (χ4n) is 4.38. The van der Waals surface area contributed by atoms with Crippen LogP contribution in [0.2, 0.25) is 0 Å². The molecule has 0 bridgehead atoms. The van der Waals surface area contributed by atoms with Crippen molar-refractivity contribution in [1.29, 1.82) is 0 Å². The summed E-state index contributed by atoms with van der Waals surface area (Å²) in [5, 5.41) is 4.10. The van der Waals surface area contributed by atoms with Crippen molar-refractivity contribution in [1.82, 2.24) is 24.8 Å². The van der Waals surface area contributed by atoms with E-state index >= 15 is 0 Å². The Hall–Kier alpha value is -3.85. The summed E-state index contributed by atoms with van der Waals surface area (Å²) < 4.78 is 5.42. The average molecular weight is 460 g/mol. The van der Waals surface area contributed by atoms with Crippen LogP contribution in [0.25, 0.3) is 11.5 Å². The van der Waals surface area contributed by atoms with Crippen molar-refractivity contribution >= 4 is 17.7 Å². The van der Waals surface area contributed by atoms with Crippen LogP contribution < -0.4 is 0 Å². The molecular formula is C25H25N5O4. The molecule has 9 nitrogen and oxygen atoms in total. The number of aromatic nitrogens is 2. The molecule has 5 rings (SSSR count). The van der Waals surface area contributed by atoms with Gasteiger partial charge in [-0.2, -0.15) is 4.98 Å². The third-order valence-electron chi connectivity index (χ3n) is 6.25. The second-order valence-electron chi connectivity index (χ2n) is 8.60. The number of carbonyl (C=O) groups is 3. The first-order valence-corrected chi connectivity index (χ1v) is 11.3. The summed E-state index contributed by atoms with van der Waals surface area (Å²) in [6.07, 6.45) is 0.121. The van der Waals surface area contributed by atoms with Gasteiger partial charge in [-0.25, -0.2) is 0 Å². The Bertz CT molecular complexity index is 1210. The van der Waals surface area contributed by atoms with Crippen LogP contribution in [0.3, 0.4) is 0 Å². The Kier molecular flexibility index (Phi) is 5.93. The van der Waals surface area contributed by atoms with Crippen LogP contribution in [0.15, 0.2) is 53.1 Å². The number of hydrogen-bond acceptors (Lipinski definition) is 7. The second-order valence-corrected chi connectivity index (χ2v) is 8.60. The smallest absolute Gasteiger partial charge is 0.261 e. The van der Waals surface area contributed by atoms with Gasteiger partial charge in [0.1, 0.15) is 0 Å². The maximum Gasteiger partial charge on any atom is 0.261 e. The minimum absolute atomic E-state index is 0.0579. The van der Waals surface area contributed by atoms with Crippen LogP contribution in [-0.4, -0.2) is 75.3 Å². The van der Waals surface area contributed by atoms with E-state index in [1.54, 1.807) is 29.2 Å². The number of imide groups is 1. The minimum Gasteiger partial charge on any atom is -0.340 e. The molecule has 2 aliphatic rings. The lowest BCUT2D eigenvalue weighted by molar-refractivity contribution is -0.133. The summed E-state index contributed by atoms with van der Waals surface area (Å²) in [4.78, 5) is 47.3. The van der Waals surface area contributed by atoms with Crippen molar-refractivity contribution in [3.63, 3.8) is 0 Å². The van der Waals surface area contributed by atoms with E-state index in [2.05, 4.69) is 15.0 Å². The summed E-state index contributed by atoms with van der Waals surface area (Å²) in [7, 11) is 0. The first-order valence-electron chi connectivity index (χ1n) is 11.3. The van der Waals surface area contributed by atoms with Gasteiger partial charge < -0.3 is 9.42 Å². The molecule has 3 heterocycles. The van der Waals surface area contributed by atoms with Crippen LogP contribution in [0, 0.1) is 6.92 Å². The molecule has 0 aliphatic carbocycles. The van der Waals surface area contributed by atoms with E-state index in [1.165, 1.54) is 4.90 Å². The number of hydrogen-bond donors (Lipinski definition) is 0. The largest absolute Gasteiger partial charge is 0.340 e. The number of piperazine rings is 1. The van der Waals surface area contributed by atoms with Gasteiger partial charge in [0.2, 0.25) is 5.91 Å². The summed E-state index contributed by atoms with van der Waals surface area (Å²) in [6, 6.07) is 14.7. The number of carbonyl (C=O) groups excluding carboxylic acids is 3. The van der Waals surface area contributed by atoms with Gasteiger partial charge in [-0.05, 0) is 31.2 Å². The minimum atomic E-state index is -0.330. The van der Waals surface area contributed by atoms with E-state index in [9.17, 15) is 14.4 Å². The lowest BCUT2D eigenvalue weighted by atomic mass is 10.1. The van der Waals surface area contributed by atoms with Gasteiger partial charge in [0, 0.05) is 44.7 Å². The quantitative estimate of drug-likeness (QED) is 0.522. The molecule has 0 N–H and O–H groups in total. The molecule has 1 saturated heterocycles. The van der Waals surface area contributed by atoms with E-state index in [1.807, 2.05) is 31.2 Å². The fraction of sp³-hybridized carbons (Fsp3) is 0.320. The average Bonchev–Trinajstić information content (AvgIpc) is 3.41. The van der Waals surface area contributed by atoms with Crippen molar-refractivity contribution < 1.29 is 18.9 Å². The molecule has 0 unspecified atom stereocenters. The topological polar surface area (TPSA) is 99.9 Å². The molecule has 3 amide bonds. The molecule has 0 radical (unpaired) electrons. The molecule has 1 aromatic heterocycles. The molecule has 34 heavy (non-hydrogen) atoms. The Balaban J connectivity index is 1.10. The van der Waals surface area contributed by atoms with E-state index in [0.717, 1.165) is 11.1 Å². The molecule has 2 aliphatic heterocycles. The Labute approximate surface area is 196 Å². The number of rotatable bonds is 6. The van der Waals surface area contributed by atoms with Crippen LogP contribution in [0.4, 0.5) is 0 Å². The maximum atomic E-state index is 12.7. The third kappa shape index (κ3) is 4.34. The van der Waals surface area contributed by atoms with E-state index < -0.39 is 0 Å². The molecule has 9 heteroatoms. The highest BCUT2D eigenvalue weighted by Crippen LogP contribution is 2.23. The van der Waals surface area contributed by atoms with Crippen LogP contribution in [0.1, 0.15) is 38.5 Å². The normalized spacial score (nSPS) is 16.3. The van der Waals surface area contributed by atoms with Gasteiger partial charge in [0.25, 0.3) is 17.7 Å². The third-order valence-corrected chi connectivity index (χ3v) is 6.25. The zero-order chi connectivity index (χ0) is 23.7. The zero-order valence-corrected chi connectivity index (χ0v) is 18.9. The zero-order valence-electron chi connectivity index (χ0n) is 18.9. The van der Waals surface area contributed by atoms with Gasteiger partial charge in [-0.1, -0.05) is 35.0 Å². The van der Waals surface area contributed by atoms with Gasteiger partial charge in [-0.15, -0.1) is 0 Å². The second kappa shape index (κ2) is 9.18. The first kappa shape index (κ1) is 22.0. The molecule has 1 fully saturated rings. The molecule has 0 saturated carbocycles. The number of aryl methyl sites for hydroxylation is 1. The number of fused-ring (bicyclic) bond motifs is 1. The van der Waals surface area contributed by atoms with Crippen LogP contribution in [0.5, 0.6) is 0 Å². The van der Waals surface area contributed by atoms with Gasteiger partial charge in [-0.3, -0.25) is 24.2 Å². The fourth-order valence-corrected chi connectivity index (χ4v) is 4.38. The van der Waals surface area contributed by atoms with Gasteiger partial charge in [0.05, 0.1) is 17.7 Å². The molecular weight excluding hydrogens is 434 g/mol. The number of nitrogens with zero attached hydrogens (tertiary/aromatic N) is 5. The summed E-state index contributed by atoms with van der Waals surface area (Å²) in [6.45, 7) is 5.18. The lowest BCUT2D eigenvalue weighted by Gasteiger charge is -2.34. The maximum absolute atomic E-state index is 12.7. The van der Waals surface area contributed by atoms with Crippen molar-refractivity contribution in [2.24, 2.45) is 0 Å². The SMILES string of the molecule is Cc1cccc(-c2nc(CN3CCN(C(=O)CCN4C(=O)c5ccccc5C4=O)CC3)no2)c1. The monoisotopic (exact) mass is 459 g/mol. The molecule has 2 aromatic carbocycles. The number of benzene rings is 2. The molecule has 3 aromatic rings. The predicted molar refractivity (Wildman–Crippen MR) is 123 cm³/mol. The Morgan fingerprint density at radius 2 is 1.68 bits per heavy atom. The van der Waals surface area contributed by atoms with Crippen LogP contribution >= 0.6 is 0 Å². The first-order chi connectivity index (χ1) is 16.5. The van der Waals surface area contributed by atoms with E-state index in [0.29, 0.717) is 55.6 Å². The Morgan fingerprint density at radius 1 is 0.971 bits per heavy atom. The van der Waals surface area contributed by atoms with Crippen molar-refractivity contribution in [3.05, 3.63) is 71.0 Å². The highest BCUT2D eigenvalue weighted by Gasteiger charge is 2.35. The van der Waals surface area contributed by atoms with Crippen molar-refractivity contribution in [2.75, 3.05) is 32.7 Å². The van der Waals surface area contributed by atoms with E-state index in [4.69, 9.17) is 4.52 Å². The lowest BCUT2D eigenvalue weighted by Crippen LogP contribution is -2.49. The molecule has 0 atom stereocenters. The summed E-state index contributed by atoms with van der Waals surface area (Å²) in [5.74, 6) is 0.395. The standard InChI is InChI=1S/C25H25N5O4/c1-17-5-4-6-18(15-17)23-26-21(27-34-23)16-28-11-13-29(14-12-28)22(31)9-10-30-24(32)19-7-2-3-8-20(19)25(30)33/h2-8,15H,9-14,16H2,1H3. The Morgan fingerprint density at radius 3 is 2.35 bits per heavy atom. The molecule has 174 valence electrons. The van der Waals surface area contributed by atoms with E-state index in [-0.39, 0.29) is 30.7 Å². The summed E-state index contributed by atoms with van der Waals surface area (Å²) >= 11 is 0. The highest BCUT2D eigenvalue weighted by molar-refractivity contribution is 6.21. The predicted octanol–water partition coefficient (Wildman–Crippen LogP) is 2.38. The van der Waals surface area contributed by atoms with Crippen molar-refractivity contribution in [3.8, 4) is 11.5 Å². The van der Waals surface area contributed by atoms with Gasteiger partial charge in [0.15, 0.2) is 5.82 Å². The molecule has 0 spiro atoms. The highest BCUT2D eigenvalue weighted by atomic mass is 16.5. The van der Waals surface area contributed by atoms with Crippen LogP contribution in [-0.2, 0) is 11.3 Å². The van der Waals surface area contributed by atoms with Gasteiger partial charge >= 0.3 is 0 Å². The van der Waals surface area contributed by atoms with Crippen molar-refractivity contribution in [2.45, 2.75) is 19.9 Å². The summed E-state index contributed by atoms with van der Waals surface area (Å²) in [5.41, 5.74) is 2.83. The number of amides is 3.